The summed E-state index contributed by atoms with van der Waals surface area (Å²) in [5, 5.41) is 0. The van der Waals surface area contributed by atoms with Crippen LogP contribution in [0.25, 0.3) is 0 Å². The quantitative estimate of drug-likeness (QED) is 0.581. The monoisotopic (exact) mass is 250 g/mol. The molecule has 0 aliphatic heterocycles. The third-order valence-electron chi connectivity index (χ3n) is 1.27. The van der Waals surface area contributed by atoms with Gasteiger partial charge in [0.05, 0.1) is 0 Å². The Bertz CT molecular complexity index is 158. The van der Waals surface area contributed by atoms with Crippen LogP contribution in [0.1, 0.15) is 6.92 Å². The molecule has 2 heteroatoms. The SMILES string of the molecule is CC1=CC(Br)C(Br)C=C1. The van der Waals surface area contributed by atoms with Crippen molar-refractivity contribution >= 4 is 31.9 Å². The minimum absolute atomic E-state index is 0.459. The Morgan fingerprint density at radius 1 is 1.33 bits per heavy atom. The van der Waals surface area contributed by atoms with Crippen LogP contribution in [0.15, 0.2) is 23.8 Å². The van der Waals surface area contributed by atoms with Crippen LogP contribution >= 0.6 is 31.9 Å². The average molecular weight is 252 g/mol. The lowest BCUT2D eigenvalue weighted by atomic mass is 10.1. The van der Waals surface area contributed by atoms with Crippen LogP contribution in [-0.2, 0) is 0 Å². The normalized spacial score (nSPS) is 34.3. The molecule has 0 amide bonds. The first kappa shape index (κ1) is 7.55. The molecule has 0 radical (unpaired) electrons. The first-order chi connectivity index (χ1) is 4.20. The highest BCUT2D eigenvalue weighted by atomic mass is 79.9. The Hall–Kier alpha value is 0.440. The molecule has 0 nitrogen and oxygen atoms in total. The summed E-state index contributed by atoms with van der Waals surface area (Å²) in [7, 11) is 0. The zero-order chi connectivity index (χ0) is 6.85. The van der Waals surface area contributed by atoms with Gasteiger partial charge >= 0.3 is 0 Å². The van der Waals surface area contributed by atoms with E-state index in [4.69, 9.17) is 0 Å². The van der Waals surface area contributed by atoms with Crippen LogP contribution < -0.4 is 0 Å². The highest BCUT2D eigenvalue weighted by Gasteiger charge is 2.12. The van der Waals surface area contributed by atoms with Crippen LogP contribution in [0.2, 0.25) is 0 Å². The third-order valence-corrected chi connectivity index (χ3v) is 3.69. The van der Waals surface area contributed by atoms with Crippen molar-refractivity contribution in [1.82, 2.24) is 0 Å². The fraction of sp³-hybridized carbons (Fsp3) is 0.429. The maximum atomic E-state index is 3.52. The van der Waals surface area contributed by atoms with Crippen molar-refractivity contribution in [3.8, 4) is 0 Å². The second-order valence-corrected chi connectivity index (χ2v) is 4.27. The minimum atomic E-state index is 0.459. The lowest BCUT2D eigenvalue weighted by molar-refractivity contribution is 1.09. The lowest BCUT2D eigenvalue weighted by Gasteiger charge is -2.13. The number of alkyl halides is 2. The van der Waals surface area contributed by atoms with Gasteiger partial charge in [-0.05, 0) is 6.92 Å². The molecule has 2 atom stereocenters. The minimum Gasteiger partial charge on any atom is -0.0830 e. The van der Waals surface area contributed by atoms with Crippen LogP contribution in [0.4, 0.5) is 0 Å². The van der Waals surface area contributed by atoms with Crippen molar-refractivity contribution < 1.29 is 0 Å². The van der Waals surface area contributed by atoms with Crippen LogP contribution in [0.5, 0.6) is 0 Å². The van der Waals surface area contributed by atoms with E-state index in [1.165, 1.54) is 5.57 Å². The largest absolute Gasteiger partial charge is 0.0830 e. The fourth-order valence-corrected chi connectivity index (χ4v) is 1.65. The summed E-state index contributed by atoms with van der Waals surface area (Å²) in [5.74, 6) is 0. The van der Waals surface area contributed by atoms with Gasteiger partial charge in [0.25, 0.3) is 0 Å². The highest BCUT2D eigenvalue weighted by molar-refractivity contribution is 9.12. The van der Waals surface area contributed by atoms with E-state index in [9.17, 15) is 0 Å². The van der Waals surface area contributed by atoms with Crippen LogP contribution in [0.3, 0.4) is 0 Å². The van der Waals surface area contributed by atoms with E-state index in [1.807, 2.05) is 0 Å². The average Bonchev–Trinajstić information content (AvgIpc) is 1.80. The maximum absolute atomic E-state index is 3.52. The van der Waals surface area contributed by atoms with Gasteiger partial charge in [-0.1, -0.05) is 55.7 Å². The third kappa shape index (κ3) is 1.94. The molecule has 1 aliphatic carbocycles. The summed E-state index contributed by atoms with van der Waals surface area (Å²) in [5.41, 5.74) is 1.33. The van der Waals surface area contributed by atoms with Gasteiger partial charge < -0.3 is 0 Å². The van der Waals surface area contributed by atoms with Crippen molar-refractivity contribution in [2.24, 2.45) is 0 Å². The van der Waals surface area contributed by atoms with Gasteiger partial charge in [-0.25, -0.2) is 0 Å². The molecule has 0 heterocycles. The summed E-state index contributed by atoms with van der Waals surface area (Å²) < 4.78 is 0. The predicted octanol–water partition coefficient (Wildman–Crippen LogP) is 3.03. The summed E-state index contributed by atoms with van der Waals surface area (Å²) in [6.07, 6.45) is 6.46. The molecular formula is C7H8Br2. The molecule has 9 heavy (non-hydrogen) atoms. The Labute approximate surface area is 72.3 Å². The number of hydrogen-bond donors (Lipinski definition) is 0. The van der Waals surface area contributed by atoms with E-state index in [0.29, 0.717) is 9.65 Å². The molecule has 0 aromatic heterocycles. The van der Waals surface area contributed by atoms with E-state index in [2.05, 4.69) is 57.0 Å². The van der Waals surface area contributed by atoms with E-state index >= 15 is 0 Å². The number of halogens is 2. The molecule has 1 rings (SSSR count). The molecule has 50 valence electrons. The van der Waals surface area contributed by atoms with Crippen molar-refractivity contribution in [2.45, 2.75) is 16.6 Å². The molecule has 0 saturated heterocycles. The zero-order valence-electron chi connectivity index (χ0n) is 5.14. The molecule has 0 aromatic carbocycles. The Morgan fingerprint density at radius 3 is 2.44 bits per heavy atom. The molecule has 0 spiro atoms. The van der Waals surface area contributed by atoms with E-state index < -0.39 is 0 Å². The van der Waals surface area contributed by atoms with E-state index in [1.54, 1.807) is 0 Å². The molecule has 0 N–H and O–H groups in total. The Balaban J connectivity index is 2.70. The molecule has 0 saturated carbocycles. The smallest absolute Gasteiger partial charge is 0.0491 e. The molecule has 0 aromatic rings. The van der Waals surface area contributed by atoms with Gasteiger partial charge in [0.1, 0.15) is 0 Å². The summed E-state index contributed by atoms with van der Waals surface area (Å²) in [6.45, 7) is 2.10. The molecule has 1 aliphatic rings. The topological polar surface area (TPSA) is 0 Å². The van der Waals surface area contributed by atoms with Gasteiger partial charge in [-0.15, -0.1) is 0 Å². The summed E-state index contributed by atoms with van der Waals surface area (Å²) in [6, 6.07) is 0. The number of allylic oxidation sites excluding steroid dienone is 4. The molecule has 0 bridgehead atoms. The summed E-state index contributed by atoms with van der Waals surface area (Å²) >= 11 is 7.02. The number of rotatable bonds is 0. The lowest BCUT2D eigenvalue weighted by Crippen LogP contribution is -2.11. The zero-order valence-corrected chi connectivity index (χ0v) is 8.31. The number of hydrogen-bond acceptors (Lipinski definition) is 0. The van der Waals surface area contributed by atoms with Gasteiger partial charge in [0.2, 0.25) is 0 Å². The van der Waals surface area contributed by atoms with Gasteiger partial charge in [0.15, 0.2) is 0 Å². The van der Waals surface area contributed by atoms with Crippen molar-refractivity contribution in [1.29, 1.82) is 0 Å². The predicted molar refractivity (Wildman–Crippen MR) is 48.3 cm³/mol. The maximum Gasteiger partial charge on any atom is 0.0491 e. The van der Waals surface area contributed by atoms with Crippen LogP contribution in [0, 0.1) is 0 Å². The Morgan fingerprint density at radius 2 is 2.00 bits per heavy atom. The van der Waals surface area contributed by atoms with Gasteiger partial charge in [0, 0.05) is 9.65 Å². The van der Waals surface area contributed by atoms with Crippen molar-refractivity contribution in [3.05, 3.63) is 23.8 Å². The second-order valence-electron chi connectivity index (χ2n) is 2.16. The van der Waals surface area contributed by atoms with Crippen molar-refractivity contribution in [2.75, 3.05) is 0 Å². The van der Waals surface area contributed by atoms with Crippen molar-refractivity contribution in [3.63, 3.8) is 0 Å². The Kier molecular flexibility index (Phi) is 2.53. The first-order valence-electron chi connectivity index (χ1n) is 2.85. The fourth-order valence-electron chi connectivity index (χ4n) is 0.748. The van der Waals surface area contributed by atoms with E-state index in [-0.39, 0.29) is 0 Å². The second kappa shape index (κ2) is 3.02. The molecule has 2 unspecified atom stereocenters. The summed E-state index contributed by atoms with van der Waals surface area (Å²) in [4.78, 5) is 0.920. The van der Waals surface area contributed by atoms with Crippen LogP contribution in [-0.4, -0.2) is 9.65 Å². The first-order valence-corrected chi connectivity index (χ1v) is 4.68. The standard InChI is InChI=1S/C7H8Br2/c1-5-2-3-6(8)7(9)4-5/h2-4,6-7H,1H3. The highest BCUT2D eigenvalue weighted by Crippen LogP contribution is 2.22. The van der Waals surface area contributed by atoms with Gasteiger partial charge in [-0.3, -0.25) is 0 Å². The molecule has 0 fully saturated rings. The van der Waals surface area contributed by atoms with Gasteiger partial charge in [-0.2, -0.15) is 0 Å². The van der Waals surface area contributed by atoms with E-state index in [0.717, 1.165) is 0 Å². The molecular weight excluding hydrogens is 244 g/mol.